The van der Waals surface area contributed by atoms with E-state index in [0.717, 1.165) is 30.0 Å². The average molecular weight is 462 g/mol. The van der Waals surface area contributed by atoms with Gasteiger partial charge >= 0.3 is 5.97 Å². The number of rotatable bonds is 9. The van der Waals surface area contributed by atoms with Crippen molar-refractivity contribution >= 4 is 28.6 Å². The number of nitrogens with zero attached hydrogens (tertiary/aromatic N) is 1. The van der Waals surface area contributed by atoms with Crippen LogP contribution >= 0.6 is 0 Å². The summed E-state index contributed by atoms with van der Waals surface area (Å²) in [5.74, 6) is 0.999. The molecule has 6 nitrogen and oxygen atoms in total. The lowest BCUT2D eigenvalue weighted by atomic mass is 10.1. The van der Waals surface area contributed by atoms with Crippen LogP contribution in [0.15, 0.2) is 51.7 Å². The maximum atomic E-state index is 13.3. The molecular formula is C28H31NO5. The first-order valence-corrected chi connectivity index (χ1v) is 12.0. The molecule has 6 heteroatoms. The zero-order valence-electron chi connectivity index (χ0n) is 20.1. The largest absolute Gasteiger partial charge is 0.493 e. The lowest BCUT2D eigenvalue weighted by molar-refractivity contribution is 0.0466. The van der Waals surface area contributed by atoms with Crippen LogP contribution in [0, 0.1) is 0 Å². The molecule has 1 aliphatic rings. The van der Waals surface area contributed by atoms with Gasteiger partial charge in [0.1, 0.15) is 23.7 Å². The molecule has 0 radical (unpaired) electrons. The van der Waals surface area contributed by atoms with E-state index in [9.17, 15) is 9.59 Å². The van der Waals surface area contributed by atoms with Crippen LogP contribution in [0.5, 0.6) is 5.75 Å². The molecule has 1 heterocycles. The molecule has 0 saturated heterocycles. The summed E-state index contributed by atoms with van der Waals surface area (Å²) < 4.78 is 17.3. The molecule has 34 heavy (non-hydrogen) atoms. The maximum Gasteiger partial charge on any atom is 0.338 e. The number of carbonyl (C=O) groups is 1. The fourth-order valence-corrected chi connectivity index (χ4v) is 4.32. The Balaban J connectivity index is 1.61. The third kappa shape index (κ3) is 4.92. The van der Waals surface area contributed by atoms with Gasteiger partial charge < -0.3 is 18.8 Å². The first-order valence-electron chi connectivity index (χ1n) is 12.0. The number of carbonyl (C=O) groups excluding carboxylic acids is 1. The number of esters is 1. The molecule has 0 spiro atoms. The quantitative estimate of drug-likeness (QED) is 0.409. The first-order chi connectivity index (χ1) is 16.5. The molecule has 0 bridgehead atoms. The fourth-order valence-electron chi connectivity index (χ4n) is 4.32. The predicted octanol–water partition coefficient (Wildman–Crippen LogP) is 5.18. The van der Waals surface area contributed by atoms with Gasteiger partial charge in [-0.15, -0.1) is 0 Å². The van der Waals surface area contributed by atoms with Crippen molar-refractivity contribution in [2.45, 2.75) is 33.6 Å². The van der Waals surface area contributed by atoms with E-state index in [1.54, 1.807) is 18.2 Å². The monoisotopic (exact) mass is 461 g/mol. The highest BCUT2D eigenvalue weighted by atomic mass is 16.5. The highest BCUT2D eigenvalue weighted by molar-refractivity contribution is 5.95. The minimum Gasteiger partial charge on any atom is -0.493 e. The topological polar surface area (TPSA) is 69.0 Å². The number of ether oxygens (including phenoxy) is 2. The number of para-hydroxylation sites is 1. The Kier molecular flexibility index (Phi) is 7.48. The van der Waals surface area contributed by atoms with E-state index < -0.39 is 5.97 Å². The van der Waals surface area contributed by atoms with E-state index in [4.69, 9.17) is 13.9 Å². The SMILES string of the molecule is CCOc1ccccc1C=C1CCc2c1oc1ccc(C(=O)OCCN(CC)CC)cc1c2=O. The standard InChI is InChI=1S/C28H31NO5/c1-4-29(5-2)15-16-33-28(31)21-12-14-25-23(18-21)26(30)22-13-11-20(27(22)34-25)17-19-9-7-8-10-24(19)32-6-3/h7-10,12,14,17-18H,4-6,11,13,15-16H2,1-3H3. The van der Waals surface area contributed by atoms with E-state index in [1.807, 2.05) is 37.3 Å². The van der Waals surface area contributed by atoms with Crippen LogP contribution in [0.1, 0.15) is 54.4 Å². The van der Waals surface area contributed by atoms with Crippen molar-refractivity contribution < 1.29 is 18.7 Å². The zero-order valence-corrected chi connectivity index (χ0v) is 20.1. The Morgan fingerprint density at radius 3 is 2.65 bits per heavy atom. The average Bonchev–Trinajstić information content (AvgIpc) is 3.25. The van der Waals surface area contributed by atoms with Crippen LogP contribution in [0.25, 0.3) is 22.6 Å². The van der Waals surface area contributed by atoms with Crippen LogP contribution in [-0.4, -0.2) is 43.7 Å². The molecule has 0 saturated carbocycles. The third-order valence-corrected chi connectivity index (χ3v) is 6.24. The van der Waals surface area contributed by atoms with E-state index in [1.165, 1.54) is 0 Å². The molecule has 0 N–H and O–H groups in total. The van der Waals surface area contributed by atoms with E-state index in [0.29, 0.717) is 60.5 Å². The van der Waals surface area contributed by atoms with Gasteiger partial charge in [0.15, 0.2) is 5.43 Å². The maximum absolute atomic E-state index is 13.3. The Hall–Kier alpha value is -3.38. The Morgan fingerprint density at radius 2 is 1.88 bits per heavy atom. The molecule has 178 valence electrons. The molecule has 0 fully saturated rings. The van der Waals surface area contributed by atoms with Crippen LogP contribution < -0.4 is 10.2 Å². The summed E-state index contributed by atoms with van der Waals surface area (Å²) in [7, 11) is 0. The third-order valence-electron chi connectivity index (χ3n) is 6.24. The van der Waals surface area contributed by atoms with Crippen molar-refractivity contribution in [3.63, 3.8) is 0 Å². The summed E-state index contributed by atoms with van der Waals surface area (Å²) in [6.45, 7) is 9.49. The second-order valence-electron chi connectivity index (χ2n) is 8.25. The molecule has 3 aromatic rings. The zero-order chi connectivity index (χ0) is 24.1. The minimum atomic E-state index is -0.429. The first kappa shape index (κ1) is 23.8. The number of hydrogen-bond acceptors (Lipinski definition) is 6. The molecule has 0 amide bonds. The molecule has 0 unspecified atom stereocenters. The van der Waals surface area contributed by atoms with Crippen molar-refractivity contribution in [2.24, 2.45) is 0 Å². The second-order valence-corrected chi connectivity index (χ2v) is 8.25. The van der Waals surface area contributed by atoms with E-state index >= 15 is 0 Å². The lowest BCUT2D eigenvalue weighted by Gasteiger charge is -2.17. The van der Waals surface area contributed by atoms with E-state index in [2.05, 4.69) is 18.7 Å². The summed E-state index contributed by atoms with van der Waals surface area (Å²) in [6, 6.07) is 12.8. The minimum absolute atomic E-state index is 0.0875. The number of hydrogen-bond donors (Lipinski definition) is 0. The predicted molar refractivity (Wildman–Crippen MR) is 134 cm³/mol. The Morgan fingerprint density at radius 1 is 1.09 bits per heavy atom. The van der Waals surface area contributed by atoms with E-state index in [-0.39, 0.29) is 5.43 Å². The Labute approximate surface area is 199 Å². The van der Waals surface area contributed by atoms with Crippen LogP contribution in [0.2, 0.25) is 0 Å². The van der Waals surface area contributed by atoms with Crippen molar-refractivity contribution in [2.75, 3.05) is 32.8 Å². The van der Waals surface area contributed by atoms with Crippen molar-refractivity contribution in [3.8, 4) is 5.75 Å². The normalized spacial score (nSPS) is 14.1. The summed E-state index contributed by atoms with van der Waals surface area (Å²) in [5, 5.41) is 0.410. The smallest absolute Gasteiger partial charge is 0.338 e. The molecule has 0 atom stereocenters. The van der Waals surface area contributed by atoms with Gasteiger partial charge in [0, 0.05) is 17.7 Å². The van der Waals surface area contributed by atoms with Gasteiger partial charge in [-0.25, -0.2) is 4.79 Å². The lowest BCUT2D eigenvalue weighted by Crippen LogP contribution is -2.27. The van der Waals surface area contributed by atoms with Gasteiger partial charge in [-0.1, -0.05) is 32.0 Å². The second kappa shape index (κ2) is 10.7. The highest BCUT2D eigenvalue weighted by Crippen LogP contribution is 2.35. The number of likely N-dealkylation sites (N-methyl/N-ethyl adjacent to an activating group) is 1. The van der Waals surface area contributed by atoms with Crippen LogP contribution in [-0.2, 0) is 11.2 Å². The Bertz CT molecular complexity index is 1270. The molecule has 4 rings (SSSR count). The highest BCUT2D eigenvalue weighted by Gasteiger charge is 2.25. The number of allylic oxidation sites excluding steroid dienone is 1. The molecule has 0 aliphatic heterocycles. The molecule has 1 aromatic heterocycles. The van der Waals surface area contributed by atoms with Gasteiger partial charge in [0.2, 0.25) is 0 Å². The van der Waals surface area contributed by atoms with Gasteiger partial charge in [-0.2, -0.15) is 0 Å². The molecule has 2 aromatic carbocycles. The van der Waals surface area contributed by atoms with Crippen molar-refractivity contribution in [1.29, 1.82) is 0 Å². The van der Waals surface area contributed by atoms with Crippen LogP contribution in [0.3, 0.4) is 0 Å². The molecule has 1 aliphatic carbocycles. The van der Waals surface area contributed by atoms with Gasteiger partial charge in [0.05, 0.1) is 17.6 Å². The van der Waals surface area contributed by atoms with Crippen LogP contribution in [0.4, 0.5) is 0 Å². The fraction of sp³-hybridized carbons (Fsp3) is 0.357. The number of fused-ring (bicyclic) bond motifs is 2. The summed E-state index contributed by atoms with van der Waals surface area (Å²) >= 11 is 0. The summed E-state index contributed by atoms with van der Waals surface area (Å²) in [4.78, 5) is 28.0. The van der Waals surface area contributed by atoms with Gasteiger partial charge in [-0.05, 0) is 68.8 Å². The van der Waals surface area contributed by atoms with Crippen molar-refractivity contribution in [3.05, 3.63) is 75.1 Å². The summed E-state index contributed by atoms with van der Waals surface area (Å²) in [5.41, 5.74) is 3.32. The number of benzene rings is 2. The molecular weight excluding hydrogens is 430 g/mol. The van der Waals surface area contributed by atoms with Gasteiger partial charge in [-0.3, -0.25) is 4.79 Å². The van der Waals surface area contributed by atoms with Crippen molar-refractivity contribution in [1.82, 2.24) is 4.90 Å². The summed E-state index contributed by atoms with van der Waals surface area (Å²) in [6.07, 6.45) is 3.35. The van der Waals surface area contributed by atoms with Gasteiger partial charge in [0.25, 0.3) is 0 Å².